The molecule has 2 aromatic rings. The monoisotopic (exact) mass is 328 g/mol. The SMILES string of the molecule is Cc1csc([C@@H]2CCCCN2C(=O)[C@H]2COc3ccccc32)n1. The average Bonchev–Trinajstić information content (AvgIpc) is 3.20. The number of carbonyl (C=O) groups excluding carboxylic acids is 1. The molecule has 0 spiro atoms. The lowest BCUT2D eigenvalue weighted by molar-refractivity contribution is -0.137. The van der Waals surface area contributed by atoms with E-state index in [0.717, 1.165) is 47.8 Å². The fourth-order valence-electron chi connectivity index (χ4n) is 3.54. The van der Waals surface area contributed by atoms with Crippen LogP contribution in [0.15, 0.2) is 29.6 Å². The van der Waals surface area contributed by atoms with Crippen LogP contribution in [0.2, 0.25) is 0 Å². The third-order valence-corrected chi connectivity index (χ3v) is 5.77. The molecule has 23 heavy (non-hydrogen) atoms. The number of benzene rings is 1. The highest BCUT2D eigenvalue weighted by Gasteiger charge is 2.38. The van der Waals surface area contributed by atoms with E-state index in [2.05, 4.69) is 10.4 Å². The summed E-state index contributed by atoms with van der Waals surface area (Å²) >= 11 is 1.67. The van der Waals surface area contributed by atoms with Crippen molar-refractivity contribution in [1.82, 2.24) is 9.88 Å². The van der Waals surface area contributed by atoms with Crippen LogP contribution < -0.4 is 4.74 Å². The van der Waals surface area contributed by atoms with Gasteiger partial charge in [-0.3, -0.25) is 4.79 Å². The zero-order valence-corrected chi connectivity index (χ0v) is 14.0. The highest BCUT2D eigenvalue weighted by atomic mass is 32.1. The van der Waals surface area contributed by atoms with Gasteiger partial charge in [-0.15, -0.1) is 11.3 Å². The maximum atomic E-state index is 13.2. The summed E-state index contributed by atoms with van der Waals surface area (Å²) in [7, 11) is 0. The van der Waals surface area contributed by atoms with Crippen molar-refractivity contribution in [3.63, 3.8) is 0 Å². The Labute approximate surface area is 140 Å². The second kappa shape index (κ2) is 5.96. The standard InChI is InChI=1S/C18H20N2O2S/c1-12-11-23-17(19-12)15-7-4-5-9-20(15)18(21)14-10-22-16-8-3-2-6-13(14)16/h2-3,6,8,11,14-15H,4-5,7,9-10H2,1H3/t14-,15-/m0/s1. The zero-order valence-electron chi connectivity index (χ0n) is 13.2. The van der Waals surface area contributed by atoms with E-state index in [4.69, 9.17) is 4.74 Å². The van der Waals surface area contributed by atoms with E-state index in [1.165, 1.54) is 0 Å². The van der Waals surface area contributed by atoms with Gasteiger partial charge in [0.25, 0.3) is 0 Å². The third-order valence-electron chi connectivity index (χ3n) is 4.71. The van der Waals surface area contributed by atoms with Crippen LogP contribution in [0.3, 0.4) is 0 Å². The summed E-state index contributed by atoms with van der Waals surface area (Å²) in [6.07, 6.45) is 3.24. The Balaban J connectivity index is 1.61. The molecule has 2 atom stereocenters. The number of likely N-dealkylation sites (tertiary alicyclic amines) is 1. The first-order valence-electron chi connectivity index (χ1n) is 8.18. The Kier molecular flexibility index (Phi) is 3.81. The van der Waals surface area contributed by atoms with Gasteiger partial charge < -0.3 is 9.64 Å². The Hall–Kier alpha value is -1.88. The molecule has 120 valence electrons. The van der Waals surface area contributed by atoms with Crippen LogP contribution in [-0.4, -0.2) is 28.9 Å². The number of para-hydroxylation sites is 1. The number of amides is 1. The summed E-state index contributed by atoms with van der Waals surface area (Å²) < 4.78 is 5.71. The van der Waals surface area contributed by atoms with Crippen molar-refractivity contribution in [3.8, 4) is 5.75 Å². The lowest BCUT2D eigenvalue weighted by atomic mass is 9.96. The minimum atomic E-state index is -0.173. The molecule has 0 saturated carbocycles. The molecular weight excluding hydrogens is 308 g/mol. The molecule has 5 heteroatoms. The van der Waals surface area contributed by atoms with Crippen molar-refractivity contribution in [3.05, 3.63) is 45.9 Å². The molecule has 0 bridgehead atoms. The van der Waals surface area contributed by atoms with Gasteiger partial charge in [-0.1, -0.05) is 18.2 Å². The van der Waals surface area contributed by atoms with Gasteiger partial charge in [0.15, 0.2) is 0 Å². The summed E-state index contributed by atoms with van der Waals surface area (Å²) in [6, 6.07) is 8.01. The van der Waals surface area contributed by atoms with Crippen molar-refractivity contribution < 1.29 is 9.53 Å². The maximum Gasteiger partial charge on any atom is 0.234 e. The number of nitrogens with zero attached hydrogens (tertiary/aromatic N) is 2. The lowest BCUT2D eigenvalue weighted by Crippen LogP contribution is -2.41. The van der Waals surface area contributed by atoms with Crippen LogP contribution >= 0.6 is 11.3 Å². The normalized spacial score (nSPS) is 23.4. The number of hydrogen-bond acceptors (Lipinski definition) is 4. The van der Waals surface area contributed by atoms with Crippen LogP contribution in [0.4, 0.5) is 0 Å². The number of hydrogen-bond donors (Lipinski definition) is 0. The topological polar surface area (TPSA) is 42.4 Å². The van der Waals surface area contributed by atoms with E-state index in [1.807, 2.05) is 36.1 Å². The van der Waals surface area contributed by atoms with E-state index >= 15 is 0 Å². The van der Waals surface area contributed by atoms with Gasteiger partial charge in [-0.2, -0.15) is 0 Å². The number of rotatable bonds is 2. The molecule has 1 saturated heterocycles. The minimum Gasteiger partial charge on any atom is -0.492 e. The van der Waals surface area contributed by atoms with Crippen molar-refractivity contribution >= 4 is 17.2 Å². The van der Waals surface area contributed by atoms with Gasteiger partial charge >= 0.3 is 0 Å². The summed E-state index contributed by atoms with van der Waals surface area (Å²) in [4.78, 5) is 19.8. The number of thiazole rings is 1. The van der Waals surface area contributed by atoms with E-state index in [9.17, 15) is 4.79 Å². The minimum absolute atomic E-state index is 0.128. The molecule has 3 heterocycles. The Morgan fingerprint density at radius 3 is 3.04 bits per heavy atom. The molecule has 1 amide bonds. The summed E-state index contributed by atoms with van der Waals surface area (Å²) in [5.41, 5.74) is 2.06. The highest BCUT2D eigenvalue weighted by molar-refractivity contribution is 7.09. The third kappa shape index (κ3) is 2.63. The number of carbonyl (C=O) groups is 1. The molecule has 0 N–H and O–H groups in total. The Bertz CT molecular complexity index is 727. The predicted octanol–water partition coefficient (Wildman–Crippen LogP) is 3.68. The highest BCUT2D eigenvalue weighted by Crippen LogP contribution is 2.39. The fourth-order valence-corrected chi connectivity index (χ4v) is 4.49. The van der Waals surface area contributed by atoms with Crippen LogP contribution in [0.1, 0.15) is 47.5 Å². The van der Waals surface area contributed by atoms with Gasteiger partial charge in [0.05, 0.1) is 6.04 Å². The number of piperidine rings is 1. The van der Waals surface area contributed by atoms with Crippen molar-refractivity contribution in [2.24, 2.45) is 0 Å². The van der Waals surface area contributed by atoms with Gasteiger partial charge in [-0.25, -0.2) is 4.98 Å². The summed E-state index contributed by atoms with van der Waals surface area (Å²) in [6.45, 7) is 3.29. The van der Waals surface area contributed by atoms with Gasteiger partial charge in [0, 0.05) is 23.2 Å². The van der Waals surface area contributed by atoms with E-state index < -0.39 is 0 Å². The van der Waals surface area contributed by atoms with E-state index in [0.29, 0.717) is 6.61 Å². The molecule has 0 radical (unpaired) electrons. The molecule has 0 unspecified atom stereocenters. The first kappa shape index (κ1) is 14.7. The van der Waals surface area contributed by atoms with Crippen molar-refractivity contribution in [1.29, 1.82) is 0 Å². The van der Waals surface area contributed by atoms with Gasteiger partial charge in [0.1, 0.15) is 23.3 Å². The van der Waals surface area contributed by atoms with Crippen molar-refractivity contribution in [2.45, 2.75) is 38.1 Å². The number of aryl methyl sites for hydroxylation is 1. The molecule has 1 aromatic carbocycles. The van der Waals surface area contributed by atoms with E-state index in [-0.39, 0.29) is 17.9 Å². The smallest absolute Gasteiger partial charge is 0.234 e. The second-order valence-corrected chi connectivity index (χ2v) is 7.16. The molecule has 4 rings (SSSR count). The molecule has 2 aliphatic rings. The number of aromatic nitrogens is 1. The first-order valence-corrected chi connectivity index (χ1v) is 9.06. The summed E-state index contributed by atoms with van der Waals surface area (Å²) in [5, 5.41) is 3.14. The molecule has 1 aromatic heterocycles. The van der Waals surface area contributed by atoms with Crippen LogP contribution in [0, 0.1) is 6.92 Å². The van der Waals surface area contributed by atoms with E-state index in [1.54, 1.807) is 11.3 Å². The second-order valence-electron chi connectivity index (χ2n) is 6.27. The number of fused-ring (bicyclic) bond motifs is 1. The molecule has 2 aliphatic heterocycles. The maximum absolute atomic E-state index is 13.2. The largest absolute Gasteiger partial charge is 0.492 e. The van der Waals surface area contributed by atoms with Gasteiger partial charge in [-0.05, 0) is 32.3 Å². The first-order chi connectivity index (χ1) is 11.2. The van der Waals surface area contributed by atoms with Crippen LogP contribution in [0.25, 0.3) is 0 Å². The van der Waals surface area contributed by atoms with Crippen LogP contribution in [0.5, 0.6) is 5.75 Å². The summed E-state index contributed by atoms with van der Waals surface area (Å²) in [5.74, 6) is 0.866. The predicted molar refractivity (Wildman–Crippen MR) is 89.8 cm³/mol. The zero-order chi connectivity index (χ0) is 15.8. The molecule has 1 fully saturated rings. The quantitative estimate of drug-likeness (QED) is 0.844. The molecule has 4 nitrogen and oxygen atoms in total. The molecular formula is C18H20N2O2S. The van der Waals surface area contributed by atoms with Crippen molar-refractivity contribution in [2.75, 3.05) is 13.2 Å². The average molecular weight is 328 g/mol. The lowest BCUT2D eigenvalue weighted by Gasteiger charge is -2.36. The van der Waals surface area contributed by atoms with Crippen LogP contribution in [-0.2, 0) is 4.79 Å². The fraction of sp³-hybridized carbons (Fsp3) is 0.444. The molecule has 0 aliphatic carbocycles. The Morgan fingerprint density at radius 1 is 1.35 bits per heavy atom. The Morgan fingerprint density at radius 2 is 2.22 bits per heavy atom. The number of ether oxygens (including phenoxy) is 1. The van der Waals surface area contributed by atoms with Gasteiger partial charge in [0.2, 0.25) is 5.91 Å².